The van der Waals surface area contributed by atoms with E-state index in [0.717, 1.165) is 50.6 Å². The van der Waals surface area contributed by atoms with E-state index in [1.54, 1.807) is 19.0 Å². The summed E-state index contributed by atoms with van der Waals surface area (Å²) in [4.78, 5) is 20.6. The molecule has 0 aliphatic carbocycles. The lowest BCUT2D eigenvalue weighted by molar-refractivity contribution is 0.0263. The van der Waals surface area contributed by atoms with Crippen LogP contribution in [-0.4, -0.2) is 68.1 Å². The average Bonchev–Trinajstić information content (AvgIpc) is 2.66. The summed E-state index contributed by atoms with van der Waals surface area (Å²) < 4.78 is 5.73. The molecule has 1 aromatic rings. The van der Waals surface area contributed by atoms with Crippen molar-refractivity contribution in [2.24, 2.45) is 4.99 Å². The van der Waals surface area contributed by atoms with E-state index in [4.69, 9.17) is 9.73 Å². The third-order valence-electron chi connectivity index (χ3n) is 4.50. The predicted molar refractivity (Wildman–Crippen MR) is 105 cm³/mol. The van der Waals surface area contributed by atoms with Crippen LogP contribution in [0.25, 0.3) is 0 Å². The quantitative estimate of drug-likeness (QED) is 0.625. The minimum atomic E-state index is 0.0190. The number of ether oxygens (including phenoxy) is 1. The third kappa shape index (κ3) is 5.73. The number of aliphatic imine (C=N–C) groups is 1. The molecule has 6 nitrogen and oxygen atoms in total. The maximum Gasteiger partial charge on any atom is 0.253 e. The van der Waals surface area contributed by atoms with Crippen LogP contribution in [0.4, 0.5) is 0 Å². The molecule has 2 rings (SSSR count). The summed E-state index contributed by atoms with van der Waals surface area (Å²) >= 11 is 0. The molecule has 26 heavy (non-hydrogen) atoms. The minimum Gasteiger partial charge on any atom is -0.378 e. The monoisotopic (exact) mass is 360 g/mol. The maximum atomic E-state index is 12.0. The van der Waals surface area contributed by atoms with Gasteiger partial charge in [-0.3, -0.25) is 4.79 Å². The van der Waals surface area contributed by atoms with E-state index in [1.807, 2.05) is 24.3 Å². The van der Waals surface area contributed by atoms with Gasteiger partial charge >= 0.3 is 0 Å². The molecule has 0 aromatic heterocycles. The molecule has 0 saturated carbocycles. The predicted octanol–water partition coefficient (Wildman–Crippen LogP) is 2.35. The van der Waals surface area contributed by atoms with Crippen molar-refractivity contribution in [3.8, 4) is 0 Å². The number of likely N-dealkylation sites (tertiary alicyclic amines) is 1. The second kappa shape index (κ2) is 10.2. The molecule has 0 atom stereocenters. The lowest BCUT2D eigenvalue weighted by Crippen LogP contribution is -2.47. The van der Waals surface area contributed by atoms with Crippen molar-refractivity contribution in [2.45, 2.75) is 39.3 Å². The van der Waals surface area contributed by atoms with Crippen LogP contribution in [0, 0.1) is 0 Å². The first kappa shape index (κ1) is 20.2. The number of benzene rings is 1. The zero-order chi connectivity index (χ0) is 18.9. The number of guanidine groups is 1. The molecule has 1 aliphatic heterocycles. The Morgan fingerprint density at radius 1 is 1.23 bits per heavy atom. The molecular formula is C20H32N4O2. The van der Waals surface area contributed by atoms with Crippen molar-refractivity contribution in [1.29, 1.82) is 0 Å². The molecular weight excluding hydrogens is 328 g/mol. The highest BCUT2D eigenvalue weighted by molar-refractivity contribution is 5.93. The fraction of sp³-hybridized carbons (Fsp3) is 0.600. The fourth-order valence-electron chi connectivity index (χ4n) is 3.07. The zero-order valence-electron chi connectivity index (χ0n) is 16.5. The van der Waals surface area contributed by atoms with Gasteiger partial charge in [0.2, 0.25) is 0 Å². The number of rotatable bonds is 6. The average molecular weight is 361 g/mol. The van der Waals surface area contributed by atoms with Crippen LogP contribution in [-0.2, 0) is 11.3 Å². The lowest BCUT2D eigenvalue weighted by atomic mass is 10.1. The van der Waals surface area contributed by atoms with Gasteiger partial charge in [0, 0.05) is 45.9 Å². The van der Waals surface area contributed by atoms with E-state index in [-0.39, 0.29) is 5.91 Å². The molecule has 1 aromatic carbocycles. The van der Waals surface area contributed by atoms with Crippen molar-refractivity contribution in [3.05, 3.63) is 35.4 Å². The van der Waals surface area contributed by atoms with Crippen LogP contribution >= 0.6 is 0 Å². The Balaban J connectivity index is 1.97. The third-order valence-corrected chi connectivity index (χ3v) is 4.50. The smallest absolute Gasteiger partial charge is 0.253 e. The summed E-state index contributed by atoms with van der Waals surface area (Å²) in [6.07, 6.45) is 2.46. The number of nitrogens with one attached hydrogen (secondary N) is 1. The molecule has 1 fully saturated rings. The van der Waals surface area contributed by atoms with Gasteiger partial charge in [0.15, 0.2) is 5.96 Å². The molecule has 1 aliphatic rings. The summed E-state index contributed by atoms with van der Waals surface area (Å²) in [5.41, 5.74) is 1.80. The fourth-order valence-corrected chi connectivity index (χ4v) is 3.07. The standard InChI is InChI=1S/C20H32N4O2/c1-5-21-20(24-13-11-18(12-14-24)26-6-2)22-15-16-7-9-17(10-8-16)19(25)23(3)4/h7-10,18H,5-6,11-15H2,1-4H3,(H,21,22). The Morgan fingerprint density at radius 2 is 1.88 bits per heavy atom. The van der Waals surface area contributed by atoms with Gasteiger partial charge in [0.1, 0.15) is 0 Å². The Morgan fingerprint density at radius 3 is 2.42 bits per heavy atom. The summed E-state index contributed by atoms with van der Waals surface area (Å²) in [7, 11) is 3.52. The van der Waals surface area contributed by atoms with Crippen molar-refractivity contribution in [2.75, 3.05) is 40.3 Å². The van der Waals surface area contributed by atoms with Crippen molar-refractivity contribution in [3.63, 3.8) is 0 Å². The van der Waals surface area contributed by atoms with Crippen molar-refractivity contribution in [1.82, 2.24) is 15.1 Å². The van der Waals surface area contributed by atoms with Gasteiger partial charge in [-0.15, -0.1) is 0 Å². The Bertz CT molecular complexity index is 590. The number of hydrogen-bond acceptors (Lipinski definition) is 3. The van der Waals surface area contributed by atoms with E-state index in [9.17, 15) is 4.79 Å². The number of carbonyl (C=O) groups is 1. The van der Waals surface area contributed by atoms with Gasteiger partial charge in [0.05, 0.1) is 12.6 Å². The molecule has 1 amide bonds. The van der Waals surface area contributed by atoms with Gasteiger partial charge in [-0.25, -0.2) is 4.99 Å². The molecule has 144 valence electrons. The van der Waals surface area contributed by atoms with E-state index < -0.39 is 0 Å². The van der Waals surface area contributed by atoms with Gasteiger partial charge < -0.3 is 19.9 Å². The topological polar surface area (TPSA) is 57.2 Å². The molecule has 0 spiro atoms. The molecule has 6 heteroatoms. The Labute approximate surface area is 157 Å². The van der Waals surface area contributed by atoms with E-state index in [0.29, 0.717) is 18.2 Å². The normalized spacial score (nSPS) is 15.8. The molecule has 1 heterocycles. The van der Waals surface area contributed by atoms with Crippen LogP contribution in [0.2, 0.25) is 0 Å². The van der Waals surface area contributed by atoms with E-state index in [1.165, 1.54) is 0 Å². The second-order valence-electron chi connectivity index (χ2n) is 6.71. The van der Waals surface area contributed by atoms with E-state index in [2.05, 4.69) is 24.1 Å². The van der Waals surface area contributed by atoms with Gasteiger partial charge in [-0.1, -0.05) is 12.1 Å². The SMILES string of the molecule is CCNC(=NCc1ccc(C(=O)N(C)C)cc1)N1CCC(OCC)CC1. The number of piperidine rings is 1. The lowest BCUT2D eigenvalue weighted by Gasteiger charge is -2.34. The van der Waals surface area contributed by atoms with Crippen LogP contribution in [0.5, 0.6) is 0 Å². The molecule has 0 unspecified atom stereocenters. The largest absolute Gasteiger partial charge is 0.378 e. The molecule has 0 radical (unpaired) electrons. The van der Waals surface area contributed by atoms with Crippen molar-refractivity contribution < 1.29 is 9.53 Å². The summed E-state index contributed by atoms with van der Waals surface area (Å²) in [5, 5.41) is 3.39. The highest BCUT2D eigenvalue weighted by Crippen LogP contribution is 2.14. The van der Waals surface area contributed by atoms with Crippen LogP contribution in [0.1, 0.15) is 42.6 Å². The number of carbonyl (C=O) groups excluding carboxylic acids is 1. The molecule has 0 bridgehead atoms. The highest BCUT2D eigenvalue weighted by atomic mass is 16.5. The van der Waals surface area contributed by atoms with Crippen LogP contribution in [0.15, 0.2) is 29.3 Å². The Hall–Kier alpha value is -2.08. The summed E-state index contributed by atoms with van der Waals surface area (Å²) in [6.45, 7) is 8.30. The zero-order valence-corrected chi connectivity index (χ0v) is 16.5. The van der Waals surface area contributed by atoms with Gasteiger partial charge in [0.25, 0.3) is 5.91 Å². The highest BCUT2D eigenvalue weighted by Gasteiger charge is 2.21. The minimum absolute atomic E-state index is 0.0190. The molecule has 1 saturated heterocycles. The first-order valence-corrected chi connectivity index (χ1v) is 9.50. The van der Waals surface area contributed by atoms with E-state index >= 15 is 0 Å². The van der Waals surface area contributed by atoms with Gasteiger partial charge in [-0.05, 0) is 44.4 Å². The van der Waals surface area contributed by atoms with Gasteiger partial charge in [-0.2, -0.15) is 0 Å². The number of amides is 1. The number of nitrogens with zero attached hydrogens (tertiary/aromatic N) is 3. The van der Waals surface area contributed by atoms with Crippen molar-refractivity contribution >= 4 is 11.9 Å². The summed E-state index contributed by atoms with van der Waals surface area (Å²) in [6, 6.07) is 7.69. The summed E-state index contributed by atoms with van der Waals surface area (Å²) in [5.74, 6) is 0.974. The maximum absolute atomic E-state index is 12.0. The molecule has 1 N–H and O–H groups in total. The van der Waals surface area contributed by atoms with Crippen LogP contribution < -0.4 is 5.32 Å². The first-order chi connectivity index (χ1) is 12.5. The number of hydrogen-bond donors (Lipinski definition) is 1. The van der Waals surface area contributed by atoms with Crippen LogP contribution in [0.3, 0.4) is 0 Å². The first-order valence-electron chi connectivity index (χ1n) is 9.50. The Kier molecular flexibility index (Phi) is 7.91. The second-order valence-corrected chi connectivity index (χ2v) is 6.71.